The van der Waals surface area contributed by atoms with E-state index in [0.29, 0.717) is 17.8 Å². The topological polar surface area (TPSA) is 101 Å². The average Bonchev–Trinajstić information content (AvgIpc) is 2.73. The number of carbonyl (C=O) groups is 3. The van der Waals surface area contributed by atoms with E-state index in [0.717, 1.165) is 5.56 Å². The first-order valence-corrected chi connectivity index (χ1v) is 8.57. The number of rotatable bonds is 6. The van der Waals surface area contributed by atoms with Gasteiger partial charge in [-0.2, -0.15) is 0 Å². The molecule has 2 heterocycles. The van der Waals surface area contributed by atoms with Crippen molar-refractivity contribution < 1.29 is 14.4 Å². The van der Waals surface area contributed by atoms with Gasteiger partial charge in [0.05, 0.1) is 11.1 Å². The number of hydrogen-bond donors (Lipinski definition) is 2. The summed E-state index contributed by atoms with van der Waals surface area (Å²) in [5.74, 6) is -0.783. The molecule has 7 nitrogen and oxygen atoms in total. The third-order valence-corrected chi connectivity index (χ3v) is 3.99. The molecule has 0 atom stereocenters. The maximum Gasteiger partial charge on any atom is 0.257 e. The zero-order chi connectivity index (χ0) is 19.9. The van der Waals surface area contributed by atoms with Crippen LogP contribution in [-0.2, 0) is 6.54 Å². The lowest BCUT2D eigenvalue weighted by Crippen LogP contribution is -2.23. The van der Waals surface area contributed by atoms with E-state index in [2.05, 4.69) is 20.6 Å². The predicted octanol–water partition coefficient (Wildman–Crippen LogP) is 2.86. The minimum Gasteiger partial charge on any atom is -0.348 e. The quantitative estimate of drug-likeness (QED) is 0.646. The summed E-state index contributed by atoms with van der Waals surface area (Å²) in [5, 5.41) is 5.48. The summed E-state index contributed by atoms with van der Waals surface area (Å²) in [4.78, 5) is 44.0. The Kier molecular flexibility index (Phi) is 5.86. The molecule has 3 rings (SSSR count). The van der Waals surface area contributed by atoms with Crippen molar-refractivity contribution >= 4 is 23.3 Å². The van der Waals surface area contributed by atoms with E-state index < -0.39 is 5.91 Å². The highest BCUT2D eigenvalue weighted by atomic mass is 16.2. The third kappa shape index (κ3) is 4.85. The molecule has 28 heavy (non-hydrogen) atoms. The van der Waals surface area contributed by atoms with Crippen molar-refractivity contribution in [3.8, 4) is 0 Å². The molecule has 2 aromatic heterocycles. The van der Waals surface area contributed by atoms with Crippen LogP contribution in [0.3, 0.4) is 0 Å². The predicted molar refractivity (Wildman–Crippen MR) is 104 cm³/mol. The molecule has 2 N–H and O–H groups in total. The van der Waals surface area contributed by atoms with Crippen molar-refractivity contribution in [1.82, 2.24) is 15.3 Å². The van der Waals surface area contributed by atoms with E-state index >= 15 is 0 Å². The zero-order valence-corrected chi connectivity index (χ0v) is 15.2. The van der Waals surface area contributed by atoms with Crippen LogP contribution in [0, 0.1) is 0 Å². The molecule has 7 heteroatoms. The van der Waals surface area contributed by atoms with E-state index in [1.807, 2.05) is 6.07 Å². The summed E-state index contributed by atoms with van der Waals surface area (Å²) >= 11 is 0. The highest BCUT2D eigenvalue weighted by Gasteiger charge is 2.12. The molecule has 0 spiro atoms. The molecular formula is C21H18N4O3. The average molecular weight is 374 g/mol. The van der Waals surface area contributed by atoms with Crippen molar-refractivity contribution in [1.29, 1.82) is 0 Å². The number of nitrogens with one attached hydrogen (secondary N) is 2. The number of hydrogen-bond acceptors (Lipinski definition) is 5. The fourth-order valence-electron chi connectivity index (χ4n) is 2.47. The molecule has 2 amide bonds. The lowest BCUT2D eigenvalue weighted by molar-refractivity contribution is 0.0949. The number of anilines is 1. The van der Waals surface area contributed by atoms with Crippen LogP contribution in [0.2, 0.25) is 0 Å². The van der Waals surface area contributed by atoms with Gasteiger partial charge in [-0.15, -0.1) is 0 Å². The largest absolute Gasteiger partial charge is 0.348 e. The third-order valence-electron chi connectivity index (χ3n) is 3.99. The maximum absolute atomic E-state index is 12.4. The second-order valence-corrected chi connectivity index (χ2v) is 6.09. The molecule has 1 aromatic carbocycles. The summed E-state index contributed by atoms with van der Waals surface area (Å²) in [6, 6.07) is 11.7. The molecule has 0 aliphatic rings. The molecule has 0 saturated heterocycles. The van der Waals surface area contributed by atoms with Crippen LogP contribution in [0.25, 0.3) is 0 Å². The summed E-state index contributed by atoms with van der Waals surface area (Å²) in [5.41, 5.74) is 2.51. The zero-order valence-electron chi connectivity index (χ0n) is 15.2. The Morgan fingerprint density at radius 3 is 2.21 bits per heavy atom. The van der Waals surface area contributed by atoms with Gasteiger partial charge in [-0.3, -0.25) is 24.4 Å². The fourth-order valence-corrected chi connectivity index (χ4v) is 2.47. The number of Topliss-reactive ketones (excluding diaryl/α,β-unsaturated/α-hetero) is 1. The van der Waals surface area contributed by atoms with Gasteiger partial charge in [-0.05, 0) is 48.9 Å². The van der Waals surface area contributed by atoms with Gasteiger partial charge in [-0.25, -0.2) is 0 Å². The van der Waals surface area contributed by atoms with Gasteiger partial charge in [0.1, 0.15) is 0 Å². The first-order valence-electron chi connectivity index (χ1n) is 8.57. The molecule has 0 fully saturated rings. The Morgan fingerprint density at radius 1 is 0.857 bits per heavy atom. The molecule has 140 valence electrons. The Hall–Kier alpha value is -3.87. The van der Waals surface area contributed by atoms with E-state index in [-0.39, 0.29) is 22.8 Å². The molecular weight excluding hydrogens is 356 g/mol. The molecule has 0 bridgehead atoms. The SMILES string of the molecule is CC(=O)c1ccc(NC(=O)c2cncc(C(=O)NCc3cccnc3)c2)cc1. The van der Waals surface area contributed by atoms with Crippen LogP contribution in [0.5, 0.6) is 0 Å². The van der Waals surface area contributed by atoms with Crippen LogP contribution in [0.4, 0.5) is 5.69 Å². The van der Waals surface area contributed by atoms with Crippen LogP contribution in [0.1, 0.15) is 43.6 Å². The number of nitrogens with zero attached hydrogens (tertiary/aromatic N) is 2. The van der Waals surface area contributed by atoms with Gasteiger partial charge in [0.15, 0.2) is 5.78 Å². The lowest BCUT2D eigenvalue weighted by Gasteiger charge is -2.08. The van der Waals surface area contributed by atoms with Gasteiger partial charge in [0.2, 0.25) is 0 Å². The number of aromatic nitrogens is 2. The Bertz CT molecular complexity index is 1000. The monoisotopic (exact) mass is 374 g/mol. The second kappa shape index (κ2) is 8.68. The van der Waals surface area contributed by atoms with Gasteiger partial charge in [0, 0.05) is 42.6 Å². The van der Waals surface area contributed by atoms with Crippen LogP contribution in [-0.4, -0.2) is 27.6 Å². The highest BCUT2D eigenvalue weighted by Crippen LogP contribution is 2.12. The van der Waals surface area contributed by atoms with Crippen molar-refractivity contribution in [3.63, 3.8) is 0 Å². The van der Waals surface area contributed by atoms with E-state index in [1.54, 1.807) is 42.7 Å². The summed E-state index contributed by atoms with van der Waals surface area (Å²) in [6.07, 6.45) is 6.11. The van der Waals surface area contributed by atoms with Crippen molar-refractivity contribution in [2.75, 3.05) is 5.32 Å². The van der Waals surface area contributed by atoms with E-state index in [9.17, 15) is 14.4 Å². The Labute approximate surface area is 161 Å². The molecule has 0 saturated carbocycles. The van der Waals surface area contributed by atoms with Crippen molar-refractivity contribution in [2.45, 2.75) is 13.5 Å². The number of ketones is 1. The van der Waals surface area contributed by atoms with Gasteiger partial charge in [-0.1, -0.05) is 6.07 Å². The molecule has 0 aliphatic carbocycles. The van der Waals surface area contributed by atoms with E-state index in [4.69, 9.17) is 0 Å². The minimum atomic E-state index is -0.398. The molecule has 0 radical (unpaired) electrons. The first kappa shape index (κ1) is 18.9. The molecule has 3 aromatic rings. The number of benzene rings is 1. The molecule has 0 unspecified atom stereocenters. The maximum atomic E-state index is 12.4. The Balaban J connectivity index is 1.65. The Morgan fingerprint density at radius 2 is 1.57 bits per heavy atom. The standard InChI is InChI=1S/C21H18N4O3/c1-14(26)16-4-6-19(7-5-16)25-21(28)18-9-17(12-23-13-18)20(27)24-11-15-3-2-8-22-10-15/h2-10,12-13H,11H2,1H3,(H,24,27)(H,25,28). The molecule has 0 aliphatic heterocycles. The minimum absolute atomic E-state index is 0.0490. The first-order chi connectivity index (χ1) is 13.5. The van der Waals surface area contributed by atoms with Crippen LogP contribution < -0.4 is 10.6 Å². The lowest BCUT2D eigenvalue weighted by atomic mass is 10.1. The fraction of sp³-hybridized carbons (Fsp3) is 0.0952. The van der Waals surface area contributed by atoms with Gasteiger partial charge >= 0.3 is 0 Å². The van der Waals surface area contributed by atoms with E-state index in [1.165, 1.54) is 25.4 Å². The number of amides is 2. The van der Waals surface area contributed by atoms with Gasteiger partial charge < -0.3 is 10.6 Å². The van der Waals surface area contributed by atoms with Crippen LogP contribution >= 0.6 is 0 Å². The normalized spacial score (nSPS) is 10.2. The smallest absolute Gasteiger partial charge is 0.257 e. The summed E-state index contributed by atoms with van der Waals surface area (Å²) in [6.45, 7) is 1.80. The van der Waals surface area contributed by atoms with Crippen molar-refractivity contribution in [3.05, 3.63) is 89.5 Å². The van der Waals surface area contributed by atoms with Crippen LogP contribution in [0.15, 0.2) is 67.3 Å². The second-order valence-electron chi connectivity index (χ2n) is 6.09. The highest BCUT2D eigenvalue weighted by molar-refractivity contribution is 6.06. The van der Waals surface area contributed by atoms with Crippen molar-refractivity contribution in [2.24, 2.45) is 0 Å². The number of pyridine rings is 2. The summed E-state index contributed by atoms with van der Waals surface area (Å²) < 4.78 is 0. The number of carbonyl (C=O) groups excluding carboxylic acids is 3. The van der Waals surface area contributed by atoms with Gasteiger partial charge in [0.25, 0.3) is 11.8 Å². The summed E-state index contributed by atoms with van der Waals surface area (Å²) in [7, 11) is 0.